The molecule has 2 fully saturated rings. The van der Waals surface area contributed by atoms with Gasteiger partial charge >= 0.3 is 0 Å². The maximum atomic E-state index is 12.0. The second-order valence-corrected chi connectivity index (χ2v) is 6.85. The first-order valence-corrected chi connectivity index (χ1v) is 8.43. The van der Waals surface area contributed by atoms with Crippen LogP contribution in [0.1, 0.15) is 44.1 Å². The molecule has 2 amide bonds. The zero-order chi connectivity index (χ0) is 16.3. The number of carbonyl (C=O) groups excluding carboxylic acids is 2. The van der Waals surface area contributed by atoms with E-state index in [1.807, 2.05) is 24.3 Å². The van der Waals surface area contributed by atoms with E-state index in [1.54, 1.807) is 0 Å². The second kappa shape index (κ2) is 6.71. The Kier molecular flexibility index (Phi) is 4.66. The first kappa shape index (κ1) is 16.0. The Labute approximate surface area is 136 Å². The molecule has 0 saturated heterocycles. The number of rotatable bonds is 6. The summed E-state index contributed by atoms with van der Waals surface area (Å²) < 4.78 is 0. The predicted molar refractivity (Wildman–Crippen MR) is 87.9 cm³/mol. The standard InChI is InChI=1S/C18H24N2O3/c21-16(19-12-18(23)9-1-2-10-18)11-13-3-7-15(8-4-13)20-17(22)14-5-6-14/h3-4,7-8,14,23H,1-2,5-6,9-12H2,(H,19,21)(H,20,22). The third-order valence-electron chi connectivity index (χ3n) is 4.68. The van der Waals surface area contributed by atoms with E-state index in [1.165, 1.54) is 0 Å². The number of aliphatic hydroxyl groups is 1. The minimum absolute atomic E-state index is 0.0832. The molecular formula is C18H24N2O3. The van der Waals surface area contributed by atoms with Crippen LogP contribution in [0.2, 0.25) is 0 Å². The molecule has 0 atom stereocenters. The monoisotopic (exact) mass is 316 g/mol. The normalized spacial score (nSPS) is 19.3. The molecule has 0 aromatic heterocycles. The van der Waals surface area contributed by atoms with Gasteiger partial charge in [-0.2, -0.15) is 0 Å². The van der Waals surface area contributed by atoms with Crippen molar-refractivity contribution in [3.8, 4) is 0 Å². The van der Waals surface area contributed by atoms with Crippen molar-refractivity contribution in [2.45, 2.75) is 50.5 Å². The smallest absolute Gasteiger partial charge is 0.227 e. The summed E-state index contributed by atoms with van der Waals surface area (Å²) in [5.74, 6) is 0.183. The molecule has 0 radical (unpaired) electrons. The summed E-state index contributed by atoms with van der Waals surface area (Å²) in [6, 6.07) is 7.36. The summed E-state index contributed by atoms with van der Waals surface area (Å²) in [4.78, 5) is 23.7. The molecule has 3 rings (SSSR count). The number of nitrogens with one attached hydrogen (secondary N) is 2. The van der Waals surface area contributed by atoms with E-state index in [-0.39, 0.29) is 24.2 Å². The molecule has 5 nitrogen and oxygen atoms in total. The lowest BCUT2D eigenvalue weighted by molar-refractivity contribution is -0.121. The highest BCUT2D eigenvalue weighted by molar-refractivity contribution is 5.94. The van der Waals surface area contributed by atoms with E-state index in [0.29, 0.717) is 6.54 Å². The van der Waals surface area contributed by atoms with E-state index in [2.05, 4.69) is 10.6 Å². The number of hydrogen-bond acceptors (Lipinski definition) is 3. The quantitative estimate of drug-likeness (QED) is 0.751. The highest BCUT2D eigenvalue weighted by Crippen LogP contribution is 2.30. The molecule has 2 aliphatic carbocycles. The Balaban J connectivity index is 1.45. The van der Waals surface area contributed by atoms with E-state index >= 15 is 0 Å². The molecule has 23 heavy (non-hydrogen) atoms. The SMILES string of the molecule is O=C(Cc1ccc(NC(=O)C2CC2)cc1)NCC1(O)CCCC1. The predicted octanol–water partition coefficient (Wildman–Crippen LogP) is 2.00. The number of hydrogen-bond donors (Lipinski definition) is 3. The topological polar surface area (TPSA) is 78.4 Å². The fourth-order valence-corrected chi connectivity index (χ4v) is 3.02. The molecule has 2 saturated carbocycles. The summed E-state index contributed by atoms with van der Waals surface area (Å²) in [5, 5.41) is 15.9. The average molecular weight is 316 g/mol. The van der Waals surface area contributed by atoms with Gasteiger partial charge in [-0.05, 0) is 43.4 Å². The van der Waals surface area contributed by atoms with E-state index in [0.717, 1.165) is 49.8 Å². The molecule has 1 aromatic carbocycles. The Morgan fingerprint density at radius 3 is 2.39 bits per heavy atom. The van der Waals surface area contributed by atoms with Crippen molar-refractivity contribution in [2.75, 3.05) is 11.9 Å². The Morgan fingerprint density at radius 1 is 1.13 bits per heavy atom. The van der Waals surface area contributed by atoms with Crippen LogP contribution in [0.3, 0.4) is 0 Å². The molecular weight excluding hydrogens is 292 g/mol. The van der Waals surface area contributed by atoms with Gasteiger partial charge in [0, 0.05) is 18.2 Å². The lowest BCUT2D eigenvalue weighted by Crippen LogP contribution is -2.41. The summed E-state index contributed by atoms with van der Waals surface area (Å²) in [5.41, 5.74) is 0.948. The summed E-state index contributed by atoms with van der Waals surface area (Å²) in [6.45, 7) is 0.335. The fourth-order valence-electron chi connectivity index (χ4n) is 3.02. The molecule has 1 aromatic rings. The molecule has 124 valence electrons. The van der Waals surface area contributed by atoms with Crippen LogP contribution in [0, 0.1) is 5.92 Å². The van der Waals surface area contributed by atoms with Gasteiger partial charge in [0.15, 0.2) is 0 Å². The van der Waals surface area contributed by atoms with Gasteiger partial charge < -0.3 is 15.7 Å². The second-order valence-electron chi connectivity index (χ2n) is 6.85. The number of carbonyl (C=O) groups is 2. The van der Waals surface area contributed by atoms with Crippen LogP contribution in [-0.2, 0) is 16.0 Å². The van der Waals surface area contributed by atoms with Crippen LogP contribution >= 0.6 is 0 Å². The molecule has 0 bridgehead atoms. The first-order valence-electron chi connectivity index (χ1n) is 8.43. The highest BCUT2D eigenvalue weighted by Gasteiger charge is 2.31. The summed E-state index contributed by atoms with van der Waals surface area (Å²) in [6.07, 6.45) is 5.84. The van der Waals surface area contributed by atoms with Crippen LogP contribution < -0.4 is 10.6 Å². The van der Waals surface area contributed by atoms with Crippen LogP contribution in [0.4, 0.5) is 5.69 Å². The van der Waals surface area contributed by atoms with Crippen molar-refractivity contribution in [3.05, 3.63) is 29.8 Å². The summed E-state index contributed by atoms with van der Waals surface area (Å²) >= 11 is 0. The largest absolute Gasteiger partial charge is 0.388 e. The fraction of sp³-hybridized carbons (Fsp3) is 0.556. The molecule has 3 N–H and O–H groups in total. The van der Waals surface area contributed by atoms with E-state index in [9.17, 15) is 14.7 Å². The zero-order valence-electron chi connectivity index (χ0n) is 13.3. The van der Waals surface area contributed by atoms with Crippen molar-refractivity contribution in [2.24, 2.45) is 5.92 Å². The van der Waals surface area contributed by atoms with Gasteiger partial charge in [-0.3, -0.25) is 9.59 Å². The van der Waals surface area contributed by atoms with Crippen LogP contribution in [0.25, 0.3) is 0 Å². The Bertz CT molecular complexity index is 572. The van der Waals surface area contributed by atoms with Gasteiger partial charge in [-0.15, -0.1) is 0 Å². The molecule has 2 aliphatic rings. The van der Waals surface area contributed by atoms with Crippen molar-refractivity contribution < 1.29 is 14.7 Å². The molecule has 0 unspecified atom stereocenters. The Morgan fingerprint density at radius 2 is 1.78 bits per heavy atom. The molecule has 0 spiro atoms. The van der Waals surface area contributed by atoms with Crippen molar-refractivity contribution in [3.63, 3.8) is 0 Å². The highest BCUT2D eigenvalue weighted by atomic mass is 16.3. The van der Waals surface area contributed by atoms with Gasteiger partial charge in [-0.1, -0.05) is 25.0 Å². The maximum absolute atomic E-state index is 12.0. The van der Waals surface area contributed by atoms with Crippen molar-refractivity contribution in [1.82, 2.24) is 5.32 Å². The van der Waals surface area contributed by atoms with E-state index < -0.39 is 5.60 Å². The minimum Gasteiger partial charge on any atom is -0.388 e. The van der Waals surface area contributed by atoms with Crippen LogP contribution in [-0.4, -0.2) is 29.1 Å². The number of benzene rings is 1. The van der Waals surface area contributed by atoms with Gasteiger partial charge in [0.25, 0.3) is 0 Å². The van der Waals surface area contributed by atoms with Gasteiger partial charge in [-0.25, -0.2) is 0 Å². The lowest BCUT2D eigenvalue weighted by Gasteiger charge is -2.22. The lowest BCUT2D eigenvalue weighted by atomic mass is 10.0. The molecule has 5 heteroatoms. The third-order valence-corrected chi connectivity index (χ3v) is 4.68. The third kappa shape index (κ3) is 4.55. The van der Waals surface area contributed by atoms with Crippen molar-refractivity contribution in [1.29, 1.82) is 0 Å². The maximum Gasteiger partial charge on any atom is 0.227 e. The summed E-state index contributed by atoms with van der Waals surface area (Å²) in [7, 11) is 0. The van der Waals surface area contributed by atoms with Crippen LogP contribution in [0.5, 0.6) is 0 Å². The van der Waals surface area contributed by atoms with Crippen LogP contribution in [0.15, 0.2) is 24.3 Å². The number of amides is 2. The van der Waals surface area contributed by atoms with Gasteiger partial charge in [0.1, 0.15) is 0 Å². The van der Waals surface area contributed by atoms with Crippen molar-refractivity contribution >= 4 is 17.5 Å². The first-order chi connectivity index (χ1) is 11.0. The van der Waals surface area contributed by atoms with Gasteiger partial charge in [0.2, 0.25) is 11.8 Å². The van der Waals surface area contributed by atoms with E-state index in [4.69, 9.17) is 0 Å². The molecule has 0 heterocycles. The van der Waals surface area contributed by atoms with Gasteiger partial charge in [0.05, 0.1) is 12.0 Å². The Hall–Kier alpha value is -1.88. The zero-order valence-corrected chi connectivity index (χ0v) is 13.3. The minimum atomic E-state index is -0.716. The average Bonchev–Trinajstić information content (AvgIpc) is 3.30. The molecule has 0 aliphatic heterocycles. The number of anilines is 1.